The fourth-order valence-electron chi connectivity index (χ4n) is 3.14. The van der Waals surface area contributed by atoms with Crippen molar-refractivity contribution in [2.45, 2.75) is 0 Å². The van der Waals surface area contributed by atoms with E-state index >= 15 is 0 Å². The first-order valence-corrected chi connectivity index (χ1v) is 9.78. The van der Waals surface area contributed by atoms with Crippen LogP contribution in [0.25, 0.3) is 10.9 Å². The summed E-state index contributed by atoms with van der Waals surface area (Å²) in [6.07, 6.45) is 1.54. The molecule has 0 aliphatic heterocycles. The first-order chi connectivity index (χ1) is 16.0. The van der Waals surface area contributed by atoms with Crippen LogP contribution in [0.15, 0.2) is 66.9 Å². The Bertz CT molecular complexity index is 1310. The van der Waals surface area contributed by atoms with Crippen molar-refractivity contribution in [2.24, 2.45) is 0 Å². The van der Waals surface area contributed by atoms with Crippen molar-refractivity contribution in [1.82, 2.24) is 4.98 Å². The highest BCUT2D eigenvalue weighted by Crippen LogP contribution is 2.37. The van der Waals surface area contributed by atoms with Gasteiger partial charge in [-0.3, -0.25) is 4.98 Å². The van der Waals surface area contributed by atoms with Gasteiger partial charge in [0.05, 0.1) is 19.7 Å². The van der Waals surface area contributed by atoms with Gasteiger partial charge in [-0.25, -0.2) is 13.6 Å². The van der Waals surface area contributed by atoms with Gasteiger partial charge in [0.2, 0.25) is 0 Å². The highest BCUT2D eigenvalue weighted by molar-refractivity contribution is 5.99. The summed E-state index contributed by atoms with van der Waals surface area (Å²) in [5, 5.41) is 5.65. The number of hydrogen-bond acceptors (Lipinski definition) is 5. The number of anilines is 2. The summed E-state index contributed by atoms with van der Waals surface area (Å²) in [6.45, 7) is 0. The smallest absolute Gasteiger partial charge is 0.323 e. The maximum atomic E-state index is 14.7. The Morgan fingerprint density at radius 3 is 2.15 bits per heavy atom. The molecule has 0 saturated heterocycles. The van der Waals surface area contributed by atoms with Crippen LogP contribution < -0.4 is 24.8 Å². The fraction of sp³-hybridized carbons (Fsp3) is 0.0833. The monoisotopic (exact) mass is 450 g/mol. The van der Waals surface area contributed by atoms with Crippen molar-refractivity contribution < 1.29 is 27.8 Å². The number of pyridine rings is 1. The van der Waals surface area contributed by atoms with Crippen LogP contribution in [0.2, 0.25) is 0 Å². The molecule has 2 N–H and O–H groups in total. The number of rotatable bonds is 6. The average molecular weight is 450 g/mol. The molecular formula is C24H19F2N3O4. The molecular weight excluding hydrogens is 431 g/mol. The average Bonchev–Trinajstić information content (AvgIpc) is 2.81. The third kappa shape index (κ3) is 4.93. The van der Waals surface area contributed by atoms with Gasteiger partial charge in [0.1, 0.15) is 11.6 Å². The van der Waals surface area contributed by atoms with Gasteiger partial charge in [-0.05, 0) is 48.5 Å². The number of aromatic nitrogens is 1. The standard InChI is InChI=1S/C24H19F2N3O4/c1-31-22-12-17-19(13-23(22)32-2)27-10-9-20(17)33-21-8-7-16(11-18(21)26)29-24(30)28-15-5-3-14(25)4-6-15/h3-13H,1-2H3,(H2,28,29,30)/i24-1. The minimum Gasteiger partial charge on any atom is -0.493 e. The number of nitrogens with one attached hydrogen (secondary N) is 2. The van der Waals surface area contributed by atoms with Crippen LogP contribution >= 0.6 is 0 Å². The lowest BCUT2D eigenvalue weighted by Crippen LogP contribution is -2.19. The zero-order chi connectivity index (χ0) is 23.4. The van der Waals surface area contributed by atoms with Crippen LogP contribution in [0.3, 0.4) is 0 Å². The van der Waals surface area contributed by atoms with Crippen LogP contribution in [0.1, 0.15) is 0 Å². The zero-order valence-corrected chi connectivity index (χ0v) is 17.7. The van der Waals surface area contributed by atoms with E-state index in [4.69, 9.17) is 14.2 Å². The largest absolute Gasteiger partial charge is 0.493 e. The molecule has 0 unspecified atom stereocenters. The molecule has 0 radical (unpaired) electrons. The van der Waals surface area contributed by atoms with Crippen molar-refractivity contribution in [1.29, 1.82) is 0 Å². The molecule has 0 fully saturated rings. The minimum atomic E-state index is -0.681. The number of carbonyl (C=O) groups excluding carboxylic acids is 1. The second-order valence-corrected chi connectivity index (χ2v) is 6.87. The number of urea groups is 1. The van der Waals surface area contributed by atoms with Gasteiger partial charge < -0.3 is 24.8 Å². The van der Waals surface area contributed by atoms with Crippen molar-refractivity contribution in [2.75, 3.05) is 24.9 Å². The van der Waals surface area contributed by atoms with Crippen molar-refractivity contribution in [3.8, 4) is 23.0 Å². The summed E-state index contributed by atoms with van der Waals surface area (Å²) in [6, 6.07) is 13.7. The molecule has 9 heteroatoms. The maximum Gasteiger partial charge on any atom is 0.323 e. The number of benzene rings is 3. The van der Waals surface area contributed by atoms with Crippen LogP contribution in [0.5, 0.6) is 23.0 Å². The molecule has 0 atom stereocenters. The van der Waals surface area contributed by atoms with Gasteiger partial charge in [0, 0.05) is 35.1 Å². The predicted molar refractivity (Wildman–Crippen MR) is 120 cm³/mol. The van der Waals surface area contributed by atoms with E-state index in [0.29, 0.717) is 33.8 Å². The van der Waals surface area contributed by atoms with Crippen molar-refractivity contribution in [3.63, 3.8) is 0 Å². The molecule has 3 aromatic carbocycles. The first-order valence-electron chi connectivity index (χ1n) is 9.78. The van der Waals surface area contributed by atoms with E-state index in [1.54, 1.807) is 18.2 Å². The molecule has 1 heterocycles. The van der Waals surface area contributed by atoms with E-state index in [1.165, 1.54) is 56.8 Å². The lowest BCUT2D eigenvalue weighted by molar-refractivity contribution is 0.262. The lowest BCUT2D eigenvalue weighted by Gasteiger charge is -2.13. The number of fused-ring (bicyclic) bond motifs is 1. The molecule has 0 spiro atoms. The lowest BCUT2D eigenvalue weighted by atomic mass is 10.1. The maximum absolute atomic E-state index is 14.7. The minimum absolute atomic E-state index is 0.0400. The molecule has 7 nitrogen and oxygen atoms in total. The van der Waals surface area contributed by atoms with E-state index < -0.39 is 17.7 Å². The van der Waals surface area contributed by atoms with Crippen LogP contribution in [0.4, 0.5) is 25.0 Å². The number of methoxy groups -OCH3 is 2. The molecule has 0 bridgehead atoms. The Morgan fingerprint density at radius 1 is 0.788 bits per heavy atom. The topological polar surface area (TPSA) is 81.7 Å². The third-order valence-electron chi connectivity index (χ3n) is 4.72. The Morgan fingerprint density at radius 2 is 1.45 bits per heavy atom. The number of ether oxygens (including phenoxy) is 3. The molecule has 0 saturated carbocycles. The second-order valence-electron chi connectivity index (χ2n) is 6.87. The van der Waals surface area contributed by atoms with Gasteiger partial charge in [-0.15, -0.1) is 0 Å². The van der Waals surface area contributed by atoms with E-state index in [0.717, 1.165) is 6.07 Å². The van der Waals surface area contributed by atoms with E-state index in [2.05, 4.69) is 15.6 Å². The Labute approximate surface area is 187 Å². The zero-order valence-electron chi connectivity index (χ0n) is 17.7. The molecule has 33 heavy (non-hydrogen) atoms. The normalized spacial score (nSPS) is 10.5. The highest BCUT2D eigenvalue weighted by Gasteiger charge is 2.14. The third-order valence-corrected chi connectivity index (χ3v) is 4.72. The van der Waals surface area contributed by atoms with Gasteiger partial charge in [-0.2, -0.15) is 0 Å². The van der Waals surface area contributed by atoms with E-state index in [9.17, 15) is 13.6 Å². The molecule has 4 aromatic rings. The Balaban J connectivity index is 1.52. The van der Waals surface area contributed by atoms with Gasteiger partial charge in [0.15, 0.2) is 23.1 Å². The fourth-order valence-corrected chi connectivity index (χ4v) is 3.14. The highest BCUT2D eigenvalue weighted by atomic mass is 19.1. The molecule has 4 rings (SSSR count). The second kappa shape index (κ2) is 9.39. The summed E-state index contributed by atoms with van der Waals surface area (Å²) >= 11 is 0. The van der Waals surface area contributed by atoms with Gasteiger partial charge in [-0.1, -0.05) is 0 Å². The SMILES string of the molecule is COc1cc2nccc(Oc3ccc(N[11C](=O)Nc4ccc(F)cc4)cc3F)c2cc1OC. The predicted octanol–water partition coefficient (Wildman–Crippen LogP) is 5.97. The van der Waals surface area contributed by atoms with Crippen molar-refractivity contribution in [3.05, 3.63) is 78.5 Å². The number of amides is 2. The summed E-state index contributed by atoms with van der Waals surface area (Å²) in [5.41, 5.74) is 1.19. The van der Waals surface area contributed by atoms with Gasteiger partial charge in [0.25, 0.3) is 0 Å². The molecule has 0 aliphatic carbocycles. The Hall–Kier alpha value is -4.40. The number of halogens is 2. The van der Waals surface area contributed by atoms with Crippen LogP contribution in [0, 0.1) is 11.6 Å². The number of nitrogens with zero attached hydrogens (tertiary/aromatic N) is 1. The molecule has 168 valence electrons. The van der Waals surface area contributed by atoms with Gasteiger partial charge >= 0.3 is 6.03 Å². The van der Waals surface area contributed by atoms with E-state index in [-0.39, 0.29) is 11.4 Å². The molecule has 1 aromatic heterocycles. The van der Waals surface area contributed by atoms with Crippen molar-refractivity contribution >= 4 is 28.3 Å². The number of carbonyl (C=O) groups is 1. The first kappa shape index (κ1) is 21.8. The summed E-state index contributed by atoms with van der Waals surface area (Å²) < 4.78 is 44.1. The quantitative estimate of drug-likeness (QED) is 0.378. The Kier molecular flexibility index (Phi) is 6.21. The summed E-state index contributed by atoms with van der Waals surface area (Å²) in [4.78, 5) is 16.4. The summed E-state index contributed by atoms with van der Waals surface area (Å²) in [5.74, 6) is 0.222. The summed E-state index contributed by atoms with van der Waals surface area (Å²) in [7, 11) is 3.03. The van der Waals surface area contributed by atoms with E-state index in [1.807, 2.05) is 0 Å². The number of hydrogen-bond donors (Lipinski definition) is 2. The molecule has 0 aliphatic rings. The van der Waals surface area contributed by atoms with Crippen LogP contribution in [-0.2, 0) is 0 Å². The molecule has 2 amide bonds. The van der Waals surface area contributed by atoms with Crippen LogP contribution in [-0.4, -0.2) is 25.2 Å².